The normalized spacial score (nSPS) is 13.5. The molecule has 2 amide bonds. The van der Waals surface area contributed by atoms with Crippen LogP contribution >= 0.6 is 0 Å². The molecule has 0 saturated carbocycles. The summed E-state index contributed by atoms with van der Waals surface area (Å²) < 4.78 is 5.52. The molecule has 130 valence electrons. The maximum atomic E-state index is 11.7. The minimum Gasteiger partial charge on any atom is -0.491 e. The van der Waals surface area contributed by atoms with Crippen molar-refractivity contribution in [2.45, 2.75) is 52.3 Å². The largest absolute Gasteiger partial charge is 0.491 e. The highest BCUT2D eigenvalue weighted by atomic mass is 16.5. The molecule has 6 nitrogen and oxygen atoms in total. The molecule has 0 aliphatic carbocycles. The Hall–Kier alpha value is -1.79. The first-order chi connectivity index (χ1) is 10.9. The summed E-state index contributed by atoms with van der Waals surface area (Å²) in [7, 11) is 0. The Morgan fingerprint density at radius 2 is 1.87 bits per heavy atom. The van der Waals surface area contributed by atoms with E-state index in [0.717, 1.165) is 6.42 Å². The van der Waals surface area contributed by atoms with Crippen molar-refractivity contribution in [3.05, 3.63) is 24.3 Å². The summed E-state index contributed by atoms with van der Waals surface area (Å²) in [5.74, 6) is 0.654. The molecule has 4 N–H and O–H groups in total. The van der Waals surface area contributed by atoms with E-state index < -0.39 is 6.10 Å². The lowest BCUT2D eigenvalue weighted by Crippen LogP contribution is -2.35. The lowest BCUT2D eigenvalue weighted by molar-refractivity contribution is 0.104. The van der Waals surface area contributed by atoms with Gasteiger partial charge < -0.3 is 25.8 Å². The molecular weight excluding hydrogens is 294 g/mol. The standard InChI is InChI=1S/C17H29N3O3/c1-5-13(4)19-17(22)20-14-6-8-16(9-7-14)23-11-15(21)10-18-12(2)3/h6-9,12-13,15,18,21H,5,10-11H2,1-4H3,(H2,19,20,22). The molecule has 2 unspecified atom stereocenters. The number of urea groups is 1. The van der Waals surface area contributed by atoms with Crippen molar-refractivity contribution < 1.29 is 14.6 Å². The first-order valence-corrected chi connectivity index (χ1v) is 8.12. The van der Waals surface area contributed by atoms with Crippen LogP contribution in [0.4, 0.5) is 10.5 Å². The van der Waals surface area contributed by atoms with Crippen LogP contribution in [-0.2, 0) is 0 Å². The third kappa shape index (κ3) is 8.42. The highest BCUT2D eigenvalue weighted by Gasteiger charge is 2.07. The minimum atomic E-state index is -0.559. The van der Waals surface area contributed by atoms with E-state index in [9.17, 15) is 9.90 Å². The van der Waals surface area contributed by atoms with Crippen LogP contribution in [0.5, 0.6) is 5.75 Å². The fourth-order valence-electron chi connectivity index (χ4n) is 1.75. The average Bonchev–Trinajstić information content (AvgIpc) is 2.51. The number of hydrogen-bond acceptors (Lipinski definition) is 4. The number of aliphatic hydroxyl groups excluding tert-OH is 1. The lowest BCUT2D eigenvalue weighted by atomic mass is 10.2. The van der Waals surface area contributed by atoms with Gasteiger partial charge in [-0.3, -0.25) is 0 Å². The zero-order valence-corrected chi connectivity index (χ0v) is 14.4. The van der Waals surface area contributed by atoms with E-state index >= 15 is 0 Å². The van der Waals surface area contributed by atoms with Crippen molar-refractivity contribution in [2.75, 3.05) is 18.5 Å². The van der Waals surface area contributed by atoms with Crippen LogP contribution in [0.15, 0.2) is 24.3 Å². The van der Waals surface area contributed by atoms with Crippen LogP contribution in [0.1, 0.15) is 34.1 Å². The molecule has 0 heterocycles. The van der Waals surface area contributed by atoms with Crippen LogP contribution < -0.4 is 20.7 Å². The van der Waals surface area contributed by atoms with Gasteiger partial charge in [0.1, 0.15) is 18.5 Å². The van der Waals surface area contributed by atoms with Gasteiger partial charge in [0.2, 0.25) is 0 Å². The molecule has 1 aromatic rings. The Balaban J connectivity index is 2.37. The smallest absolute Gasteiger partial charge is 0.319 e. The van der Waals surface area contributed by atoms with Gasteiger partial charge in [-0.25, -0.2) is 4.79 Å². The number of rotatable bonds is 9. The molecule has 1 rings (SSSR count). The molecule has 0 bridgehead atoms. The highest BCUT2D eigenvalue weighted by Crippen LogP contribution is 2.15. The summed E-state index contributed by atoms with van der Waals surface area (Å²) >= 11 is 0. The van der Waals surface area contributed by atoms with Gasteiger partial charge >= 0.3 is 6.03 Å². The van der Waals surface area contributed by atoms with Crippen LogP contribution in [-0.4, -0.2) is 42.5 Å². The molecule has 23 heavy (non-hydrogen) atoms. The van der Waals surface area contributed by atoms with E-state index in [-0.39, 0.29) is 18.7 Å². The number of hydrogen-bond donors (Lipinski definition) is 4. The first kappa shape index (κ1) is 19.3. The minimum absolute atomic E-state index is 0.138. The number of carbonyl (C=O) groups is 1. The summed E-state index contributed by atoms with van der Waals surface area (Å²) in [5, 5.41) is 18.5. The monoisotopic (exact) mass is 323 g/mol. The van der Waals surface area contributed by atoms with Gasteiger partial charge in [0.05, 0.1) is 0 Å². The van der Waals surface area contributed by atoms with E-state index in [1.165, 1.54) is 0 Å². The van der Waals surface area contributed by atoms with Crippen molar-refractivity contribution >= 4 is 11.7 Å². The van der Waals surface area contributed by atoms with Gasteiger partial charge in [-0.15, -0.1) is 0 Å². The van der Waals surface area contributed by atoms with Gasteiger partial charge in [-0.05, 0) is 37.6 Å². The van der Waals surface area contributed by atoms with Crippen molar-refractivity contribution in [1.29, 1.82) is 0 Å². The Bertz CT molecular complexity index is 463. The molecule has 0 spiro atoms. The second kappa shape index (κ2) is 10.1. The van der Waals surface area contributed by atoms with Gasteiger partial charge in [-0.2, -0.15) is 0 Å². The van der Waals surface area contributed by atoms with Crippen LogP contribution in [0.25, 0.3) is 0 Å². The lowest BCUT2D eigenvalue weighted by Gasteiger charge is -2.15. The Morgan fingerprint density at radius 1 is 1.22 bits per heavy atom. The Morgan fingerprint density at radius 3 is 2.43 bits per heavy atom. The quantitative estimate of drug-likeness (QED) is 0.562. The molecule has 0 aliphatic rings. The average molecular weight is 323 g/mol. The van der Waals surface area contributed by atoms with Crippen molar-refractivity contribution in [3.8, 4) is 5.75 Å². The number of benzene rings is 1. The summed E-state index contributed by atoms with van der Waals surface area (Å²) in [6, 6.07) is 7.32. The van der Waals surface area contributed by atoms with Crippen LogP contribution in [0.3, 0.4) is 0 Å². The second-order valence-corrected chi connectivity index (χ2v) is 5.96. The molecular formula is C17H29N3O3. The fraction of sp³-hybridized carbons (Fsp3) is 0.588. The maximum absolute atomic E-state index is 11.7. The molecule has 0 aliphatic heterocycles. The summed E-state index contributed by atoms with van der Waals surface area (Å²) in [6.45, 7) is 8.74. The molecule has 1 aromatic carbocycles. The van der Waals surface area contributed by atoms with E-state index in [4.69, 9.17) is 4.74 Å². The molecule has 6 heteroatoms. The number of ether oxygens (including phenoxy) is 1. The number of carbonyl (C=O) groups excluding carboxylic acids is 1. The predicted molar refractivity (Wildman–Crippen MR) is 93.0 cm³/mol. The summed E-state index contributed by atoms with van der Waals surface area (Å²) in [5.41, 5.74) is 0.695. The fourth-order valence-corrected chi connectivity index (χ4v) is 1.75. The Kier molecular flexibility index (Phi) is 8.43. The third-order valence-electron chi connectivity index (χ3n) is 3.31. The predicted octanol–water partition coefficient (Wildman–Crippen LogP) is 2.34. The second-order valence-electron chi connectivity index (χ2n) is 5.96. The molecule has 0 aromatic heterocycles. The number of nitrogens with one attached hydrogen (secondary N) is 3. The zero-order valence-electron chi connectivity index (χ0n) is 14.4. The topological polar surface area (TPSA) is 82.6 Å². The SMILES string of the molecule is CCC(C)NC(=O)Nc1ccc(OCC(O)CNC(C)C)cc1. The van der Waals surface area contributed by atoms with Crippen LogP contribution in [0, 0.1) is 0 Å². The van der Waals surface area contributed by atoms with E-state index in [0.29, 0.717) is 24.0 Å². The number of anilines is 1. The third-order valence-corrected chi connectivity index (χ3v) is 3.31. The molecule has 0 saturated heterocycles. The van der Waals surface area contributed by atoms with Crippen molar-refractivity contribution in [2.24, 2.45) is 0 Å². The van der Waals surface area contributed by atoms with Gasteiger partial charge in [0.25, 0.3) is 0 Å². The zero-order chi connectivity index (χ0) is 17.2. The van der Waals surface area contributed by atoms with Crippen molar-refractivity contribution in [1.82, 2.24) is 10.6 Å². The van der Waals surface area contributed by atoms with Gasteiger partial charge in [-0.1, -0.05) is 20.8 Å². The highest BCUT2D eigenvalue weighted by molar-refractivity contribution is 5.89. The van der Waals surface area contributed by atoms with E-state index in [1.807, 2.05) is 27.7 Å². The van der Waals surface area contributed by atoms with E-state index in [1.54, 1.807) is 24.3 Å². The molecule has 2 atom stereocenters. The molecule has 0 fully saturated rings. The number of amides is 2. The summed E-state index contributed by atoms with van der Waals surface area (Å²) in [4.78, 5) is 11.7. The van der Waals surface area contributed by atoms with Crippen molar-refractivity contribution in [3.63, 3.8) is 0 Å². The maximum Gasteiger partial charge on any atom is 0.319 e. The van der Waals surface area contributed by atoms with Gasteiger partial charge in [0, 0.05) is 24.3 Å². The Labute approximate surface area is 138 Å². The van der Waals surface area contributed by atoms with Gasteiger partial charge in [0.15, 0.2) is 0 Å². The van der Waals surface area contributed by atoms with E-state index in [2.05, 4.69) is 16.0 Å². The first-order valence-electron chi connectivity index (χ1n) is 8.12. The summed E-state index contributed by atoms with van der Waals surface area (Å²) in [6.07, 6.45) is 0.324. The molecule has 0 radical (unpaired) electrons. The van der Waals surface area contributed by atoms with Crippen LogP contribution in [0.2, 0.25) is 0 Å². The number of aliphatic hydroxyl groups is 1.